The van der Waals surface area contributed by atoms with E-state index in [1.54, 1.807) is 6.20 Å². The van der Waals surface area contributed by atoms with Gasteiger partial charge in [0.2, 0.25) is 0 Å². The molecule has 26 heavy (non-hydrogen) atoms. The van der Waals surface area contributed by atoms with Gasteiger partial charge >= 0.3 is 0 Å². The van der Waals surface area contributed by atoms with E-state index in [4.69, 9.17) is 4.52 Å². The lowest BCUT2D eigenvalue weighted by molar-refractivity contribution is 0.102. The highest BCUT2D eigenvalue weighted by Crippen LogP contribution is 2.33. The first-order valence-corrected chi connectivity index (χ1v) is 9.54. The van der Waals surface area contributed by atoms with Gasteiger partial charge in [-0.25, -0.2) is 4.98 Å². The van der Waals surface area contributed by atoms with Gasteiger partial charge in [0.15, 0.2) is 10.9 Å². The predicted octanol–water partition coefficient (Wildman–Crippen LogP) is 4.03. The Morgan fingerprint density at radius 1 is 1.38 bits per heavy atom. The van der Waals surface area contributed by atoms with Crippen LogP contribution in [0.4, 0.5) is 5.13 Å². The van der Waals surface area contributed by atoms with E-state index in [-0.39, 0.29) is 11.9 Å². The lowest BCUT2D eigenvalue weighted by atomic mass is 10.1. The van der Waals surface area contributed by atoms with Crippen molar-refractivity contribution in [3.05, 3.63) is 64.5 Å². The van der Waals surface area contributed by atoms with Gasteiger partial charge < -0.3 is 4.52 Å². The Kier molecular flexibility index (Phi) is 4.81. The van der Waals surface area contributed by atoms with Crippen molar-refractivity contribution in [3.8, 4) is 0 Å². The van der Waals surface area contributed by atoms with Crippen LogP contribution >= 0.6 is 11.3 Å². The van der Waals surface area contributed by atoms with Crippen molar-refractivity contribution in [2.24, 2.45) is 0 Å². The SMILES string of the molecule is Cc1cc([C@H]2CCCN2Cc2ccc(C(=O)Nc3nccs3)cc2)on1. The van der Waals surface area contributed by atoms with E-state index in [2.05, 4.69) is 20.4 Å². The molecule has 3 heterocycles. The van der Waals surface area contributed by atoms with Crippen LogP contribution < -0.4 is 5.32 Å². The predicted molar refractivity (Wildman–Crippen MR) is 100 cm³/mol. The summed E-state index contributed by atoms with van der Waals surface area (Å²) in [7, 11) is 0. The normalized spacial score (nSPS) is 17.5. The molecule has 1 aliphatic heterocycles. The minimum atomic E-state index is -0.136. The molecular formula is C19H20N4O2S. The van der Waals surface area contributed by atoms with Crippen LogP contribution in [-0.4, -0.2) is 27.5 Å². The number of hydrogen-bond donors (Lipinski definition) is 1. The summed E-state index contributed by atoms with van der Waals surface area (Å²) in [6.07, 6.45) is 3.91. The van der Waals surface area contributed by atoms with Gasteiger partial charge in [-0.15, -0.1) is 11.3 Å². The zero-order valence-corrected chi connectivity index (χ0v) is 15.3. The molecule has 2 aromatic heterocycles. The summed E-state index contributed by atoms with van der Waals surface area (Å²) >= 11 is 1.41. The number of amides is 1. The molecule has 0 aliphatic carbocycles. The number of thiazole rings is 1. The van der Waals surface area contributed by atoms with E-state index < -0.39 is 0 Å². The second kappa shape index (κ2) is 7.39. The van der Waals surface area contributed by atoms with Crippen LogP contribution in [0.15, 0.2) is 46.4 Å². The molecule has 1 fully saturated rings. The molecule has 0 bridgehead atoms. The molecule has 4 rings (SSSR count). The molecular weight excluding hydrogens is 348 g/mol. The summed E-state index contributed by atoms with van der Waals surface area (Å²) in [6.45, 7) is 3.82. The molecule has 0 saturated carbocycles. The third-order valence-electron chi connectivity index (χ3n) is 4.59. The maximum Gasteiger partial charge on any atom is 0.257 e. The average Bonchev–Trinajstić information content (AvgIpc) is 3.38. The minimum absolute atomic E-state index is 0.136. The first-order valence-electron chi connectivity index (χ1n) is 8.66. The first kappa shape index (κ1) is 16.9. The highest BCUT2D eigenvalue weighted by atomic mass is 32.1. The van der Waals surface area contributed by atoms with Gasteiger partial charge in [-0.1, -0.05) is 17.3 Å². The van der Waals surface area contributed by atoms with Crippen LogP contribution in [0.5, 0.6) is 0 Å². The number of benzene rings is 1. The molecule has 1 atom stereocenters. The van der Waals surface area contributed by atoms with E-state index in [0.717, 1.165) is 37.4 Å². The van der Waals surface area contributed by atoms with Gasteiger partial charge in [-0.2, -0.15) is 0 Å². The molecule has 1 N–H and O–H groups in total. The molecule has 1 aliphatic rings. The van der Waals surface area contributed by atoms with Crippen LogP contribution in [-0.2, 0) is 6.54 Å². The largest absolute Gasteiger partial charge is 0.359 e. The van der Waals surface area contributed by atoms with Crippen molar-refractivity contribution in [2.45, 2.75) is 32.4 Å². The van der Waals surface area contributed by atoms with Gasteiger partial charge in [0.05, 0.1) is 11.7 Å². The fourth-order valence-corrected chi connectivity index (χ4v) is 3.85. The molecule has 6 nitrogen and oxygen atoms in total. The van der Waals surface area contributed by atoms with Crippen molar-refractivity contribution in [1.29, 1.82) is 0 Å². The van der Waals surface area contributed by atoms with E-state index >= 15 is 0 Å². The molecule has 7 heteroatoms. The Morgan fingerprint density at radius 2 is 2.23 bits per heavy atom. The number of aromatic nitrogens is 2. The molecule has 1 amide bonds. The summed E-state index contributed by atoms with van der Waals surface area (Å²) in [5.74, 6) is 0.808. The Bertz CT molecular complexity index is 873. The Hall–Kier alpha value is -2.51. The van der Waals surface area contributed by atoms with E-state index in [1.807, 2.05) is 42.6 Å². The van der Waals surface area contributed by atoms with Crippen molar-refractivity contribution >= 4 is 22.4 Å². The molecule has 0 unspecified atom stereocenters. The second-order valence-electron chi connectivity index (χ2n) is 6.49. The zero-order chi connectivity index (χ0) is 17.9. The number of nitrogens with zero attached hydrogens (tertiary/aromatic N) is 3. The number of aryl methyl sites for hydroxylation is 1. The third-order valence-corrected chi connectivity index (χ3v) is 5.28. The lowest BCUT2D eigenvalue weighted by Crippen LogP contribution is -2.22. The number of likely N-dealkylation sites (tertiary alicyclic amines) is 1. The minimum Gasteiger partial charge on any atom is -0.359 e. The Morgan fingerprint density at radius 3 is 2.92 bits per heavy atom. The fourth-order valence-electron chi connectivity index (χ4n) is 3.33. The van der Waals surface area contributed by atoms with Crippen molar-refractivity contribution < 1.29 is 9.32 Å². The van der Waals surface area contributed by atoms with Crippen LogP contribution in [0.25, 0.3) is 0 Å². The van der Waals surface area contributed by atoms with Crippen molar-refractivity contribution in [3.63, 3.8) is 0 Å². The number of carbonyl (C=O) groups is 1. The molecule has 3 aromatic rings. The zero-order valence-electron chi connectivity index (χ0n) is 14.5. The van der Waals surface area contributed by atoms with Gasteiger partial charge in [0, 0.05) is 29.8 Å². The van der Waals surface area contributed by atoms with Crippen LogP contribution in [0.2, 0.25) is 0 Å². The summed E-state index contributed by atoms with van der Waals surface area (Å²) in [4.78, 5) is 18.7. The quantitative estimate of drug-likeness (QED) is 0.736. The summed E-state index contributed by atoms with van der Waals surface area (Å²) in [5, 5.41) is 9.26. The second-order valence-corrected chi connectivity index (χ2v) is 7.38. The monoisotopic (exact) mass is 368 g/mol. The Balaban J connectivity index is 1.41. The smallest absolute Gasteiger partial charge is 0.257 e. The highest BCUT2D eigenvalue weighted by Gasteiger charge is 2.29. The van der Waals surface area contributed by atoms with Crippen LogP contribution in [0.1, 0.15) is 46.3 Å². The van der Waals surface area contributed by atoms with E-state index in [9.17, 15) is 4.79 Å². The average molecular weight is 368 g/mol. The van der Waals surface area contributed by atoms with Gasteiger partial charge in [0.25, 0.3) is 5.91 Å². The summed E-state index contributed by atoms with van der Waals surface area (Å²) < 4.78 is 5.47. The number of nitrogens with one attached hydrogen (secondary N) is 1. The van der Waals surface area contributed by atoms with E-state index in [0.29, 0.717) is 10.7 Å². The lowest BCUT2D eigenvalue weighted by Gasteiger charge is -2.22. The Labute approximate surface area is 155 Å². The highest BCUT2D eigenvalue weighted by molar-refractivity contribution is 7.13. The summed E-state index contributed by atoms with van der Waals surface area (Å²) in [5.41, 5.74) is 2.73. The topological polar surface area (TPSA) is 71.3 Å². The van der Waals surface area contributed by atoms with Crippen molar-refractivity contribution in [1.82, 2.24) is 15.0 Å². The number of carbonyl (C=O) groups excluding carboxylic acids is 1. The van der Waals surface area contributed by atoms with Gasteiger partial charge in [-0.3, -0.25) is 15.0 Å². The molecule has 1 aromatic carbocycles. The van der Waals surface area contributed by atoms with Gasteiger partial charge in [-0.05, 0) is 44.0 Å². The standard InChI is InChI=1S/C19H20N4O2S/c1-13-11-17(25-22-13)16-3-2-9-23(16)12-14-4-6-15(7-5-14)18(24)21-19-20-8-10-26-19/h4-8,10-11,16H,2-3,9,12H2,1H3,(H,20,21,24)/t16-/m1/s1. The molecule has 134 valence electrons. The molecule has 0 spiro atoms. The number of hydrogen-bond acceptors (Lipinski definition) is 6. The van der Waals surface area contributed by atoms with E-state index in [1.165, 1.54) is 16.9 Å². The van der Waals surface area contributed by atoms with Gasteiger partial charge in [0.1, 0.15) is 0 Å². The maximum absolute atomic E-state index is 12.2. The van der Waals surface area contributed by atoms with Crippen LogP contribution in [0, 0.1) is 6.92 Å². The number of anilines is 1. The maximum atomic E-state index is 12.2. The molecule has 1 saturated heterocycles. The van der Waals surface area contributed by atoms with Crippen LogP contribution in [0.3, 0.4) is 0 Å². The first-order chi connectivity index (χ1) is 12.7. The number of rotatable bonds is 5. The fraction of sp³-hybridized carbons (Fsp3) is 0.316. The van der Waals surface area contributed by atoms with Crippen molar-refractivity contribution in [2.75, 3.05) is 11.9 Å². The summed E-state index contributed by atoms with van der Waals surface area (Å²) in [6, 6.07) is 10.1. The molecule has 0 radical (unpaired) electrons. The third kappa shape index (κ3) is 3.68.